The second kappa shape index (κ2) is 7.13. The number of benzene rings is 1. The van der Waals surface area contributed by atoms with E-state index < -0.39 is 29.7 Å². The van der Waals surface area contributed by atoms with E-state index in [4.69, 9.17) is 0 Å². The smallest absolute Gasteiger partial charge is 0.262 e. The molecule has 3 aliphatic rings. The summed E-state index contributed by atoms with van der Waals surface area (Å²) < 4.78 is 0. The molecule has 0 spiro atoms. The molecule has 1 unspecified atom stereocenters. The van der Waals surface area contributed by atoms with Crippen LogP contribution in [0.1, 0.15) is 50.4 Å². The van der Waals surface area contributed by atoms with Crippen LogP contribution in [0.5, 0.6) is 0 Å². The maximum Gasteiger partial charge on any atom is 0.262 e. The van der Waals surface area contributed by atoms with Crippen LogP contribution >= 0.6 is 0 Å². The highest BCUT2D eigenvalue weighted by Crippen LogP contribution is 2.28. The van der Waals surface area contributed by atoms with Crippen LogP contribution in [0.3, 0.4) is 0 Å². The van der Waals surface area contributed by atoms with E-state index in [1.807, 2.05) is 0 Å². The Balaban J connectivity index is 1.35. The van der Waals surface area contributed by atoms with Crippen molar-refractivity contribution < 1.29 is 19.2 Å². The maximum absolute atomic E-state index is 12.9. The largest absolute Gasteiger partial charge is 0.352 e. The van der Waals surface area contributed by atoms with E-state index in [-0.39, 0.29) is 36.1 Å². The fourth-order valence-electron chi connectivity index (χ4n) is 4.08. The number of carbonyl (C=O) groups is 4. The lowest BCUT2D eigenvalue weighted by Crippen LogP contribution is -2.54. The zero-order valence-corrected chi connectivity index (χ0v) is 16.3. The van der Waals surface area contributed by atoms with Gasteiger partial charge in [0.2, 0.25) is 17.8 Å². The Bertz CT molecular complexity index is 1220. The highest BCUT2D eigenvalue weighted by Gasteiger charge is 2.44. The zero-order chi connectivity index (χ0) is 21.7. The number of fused-ring (bicyclic) bond motifs is 2. The Kier molecular flexibility index (Phi) is 4.40. The molecular formula is C20H18N6O5. The number of carbonyl (C=O) groups excluding carboxylic acids is 4. The molecule has 4 amide bonds. The number of aromatic amines is 1. The first-order valence-electron chi connectivity index (χ1n) is 9.83. The summed E-state index contributed by atoms with van der Waals surface area (Å²) in [5.41, 5.74) is 2.24. The molecule has 4 N–H and O–H groups in total. The molecule has 2 aromatic rings. The number of imide groups is 2. The molecule has 5 rings (SSSR count). The lowest BCUT2D eigenvalue weighted by atomic mass is 10.0. The van der Waals surface area contributed by atoms with Gasteiger partial charge in [0.15, 0.2) is 0 Å². The van der Waals surface area contributed by atoms with Gasteiger partial charge in [0.05, 0.1) is 22.4 Å². The monoisotopic (exact) mass is 422 g/mol. The van der Waals surface area contributed by atoms with Crippen molar-refractivity contribution in [3.8, 4) is 0 Å². The van der Waals surface area contributed by atoms with Crippen LogP contribution in [0.15, 0.2) is 23.0 Å². The molecule has 4 heterocycles. The second-order valence-electron chi connectivity index (χ2n) is 7.62. The number of piperidine rings is 1. The number of hydrogen-bond acceptors (Lipinski definition) is 8. The molecule has 0 aliphatic carbocycles. The Morgan fingerprint density at radius 2 is 1.87 bits per heavy atom. The average molecular weight is 422 g/mol. The molecular weight excluding hydrogens is 404 g/mol. The topological polar surface area (TPSA) is 153 Å². The van der Waals surface area contributed by atoms with Gasteiger partial charge < -0.3 is 10.6 Å². The summed E-state index contributed by atoms with van der Waals surface area (Å²) in [6, 6.07) is 3.82. The third-order valence-electron chi connectivity index (χ3n) is 5.66. The summed E-state index contributed by atoms with van der Waals surface area (Å²) in [6.07, 6.45) is 0.178. The van der Waals surface area contributed by atoms with Gasteiger partial charge in [0.1, 0.15) is 6.04 Å². The van der Waals surface area contributed by atoms with Crippen LogP contribution < -0.4 is 21.5 Å². The van der Waals surface area contributed by atoms with Gasteiger partial charge in [-0.15, -0.1) is 0 Å². The molecule has 11 nitrogen and oxygen atoms in total. The van der Waals surface area contributed by atoms with Gasteiger partial charge in [-0.3, -0.25) is 39.2 Å². The molecule has 1 aromatic carbocycles. The molecule has 1 atom stereocenters. The number of anilines is 1. The molecule has 1 fully saturated rings. The fourth-order valence-corrected chi connectivity index (χ4v) is 4.08. The Morgan fingerprint density at radius 1 is 1.06 bits per heavy atom. The van der Waals surface area contributed by atoms with E-state index in [2.05, 4.69) is 25.9 Å². The lowest BCUT2D eigenvalue weighted by Gasteiger charge is -2.27. The summed E-state index contributed by atoms with van der Waals surface area (Å²) in [5.74, 6) is -1.85. The van der Waals surface area contributed by atoms with E-state index in [1.165, 1.54) is 0 Å². The van der Waals surface area contributed by atoms with Gasteiger partial charge >= 0.3 is 0 Å². The fraction of sp³-hybridized carbons (Fsp3) is 0.300. The molecule has 1 saturated heterocycles. The number of nitrogens with one attached hydrogen (secondary N) is 4. The van der Waals surface area contributed by atoms with Gasteiger partial charge in [-0.1, -0.05) is 6.07 Å². The molecule has 31 heavy (non-hydrogen) atoms. The average Bonchev–Trinajstić information content (AvgIpc) is 3.31. The second-order valence-corrected chi connectivity index (χ2v) is 7.62. The minimum absolute atomic E-state index is 0.0699. The predicted octanol–water partition coefficient (Wildman–Crippen LogP) is -0.614. The SMILES string of the molecule is O=C1CCC(N2C(=O)c3ccc(CNc4nc5c(c(=O)[nH]4)CNC5)cc3C2=O)C(=O)N1. The minimum Gasteiger partial charge on any atom is -0.352 e. The molecule has 158 valence electrons. The minimum atomic E-state index is -0.999. The lowest BCUT2D eigenvalue weighted by molar-refractivity contribution is -0.136. The highest BCUT2D eigenvalue weighted by atomic mass is 16.2. The van der Waals surface area contributed by atoms with E-state index >= 15 is 0 Å². The van der Waals surface area contributed by atoms with Crippen LogP contribution in [-0.4, -0.2) is 44.5 Å². The van der Waals surface area contributed by atoms with Crippen molar-refractivity contribution in [2.24, 2.45) is 0 Å². The van der Waals surface area contributed by atoms with E-state index in [1.54, 1.807) is 18.2 Å². The van der Waals surface area contributed by atoms with Crippen LogP contribution in [0.25, 0.3) is 0 Å². The van der Waals surface area contributed by atoms with Crippen molar-refractivity contribution in [3.63, 3.8) is 0 Å². The Hall–Kier alpha value is -3.86. The standard InChI is InChI=1S/C20H18N6O5/c27-15-4-3-14(17(29)24-15)26-18(30)10-2-1-9(5-11(10)19(26)31)6-22-20-23-13-8-21-7-12(13)16(28)25-20/h1-2,5,14,21H,3-4,6-8H2,(H,24,27,29)(H2,22,23,25,28). The first-order chi connectivity index (χ1) is 14.9. The van der Waals surface area contributed by atoms with Gasteiger partial charge in [0.25, 0.3) is 17.4 Å². The van der Waals surface area contributed by atoms with Crippen molar-refractivity contribution in [3.05, 3.63) is 56.5 Å². The van der Waals surface area contributed by atoms with Crippen LogP contribution in [0.2, 0.25) is 0 Å². The van der Waals surface area contributed by atoms with Crippen molar-refractivity contribution >= 4 is 29.6 Å². The molecule has 1 aromatic heterocycles. The molecule has 0 radical (unpaired) electrons. The summed E-state index contributed by atoms with van der Waals surface area (Å²) in [4.78, 5) is 69.2. The van der Waals surface area contributed by atoms with E-state index in [0.29, 0.717) is 35.9 Å². The van der Waals surface area contributed by atoms with Gasteiger partial charge in [-0.25, -0.2) is 4.98 Å². The number of H-pyrrole nitrogens is 1. The number of rotatable bonds is 4. The van der Waals surface area contributed by atoms with Crippen molar-refractivity contribution in [1.82, 2.24) is 25.5 Å². The Labute approximate surface area is 175 Å². The summed E-state index contributed by atoms with van der Waals surface area (Å²) in [7, 11) is 0. The van der Waals surface area contributed by atoms with Crippen LogP contribution in [0.4, 0.5) is 5.95 Å². The molecule has 11 heteroatoms. The quantitative estimate of drug-likeness (QED) is 0.476. The number of nitrogens with zero attached hydrogens (tertiary/aromatic N) is 2. The first kappa shape index (κ1) is 19.1. The van der Waals surface area contributed by atoms with Crippen LogP contribution in [0, 0.1) is 0 Å². The van der Waals surface area contributed by atoms with Crippen molar-refractivity contribution in [1.29, 1.82) is 0 Å². The Morgan fingerprint density at radius 3 is 2.68 bits per heavy atom. The predicted molar refractivity (Wildman–Crippen MR) is 106 cm³/mol. The molecule has 0 bridgehead atoms. The van der Waals surface area contributed by atoms with Crippen molar-refractivity contribution in [2.45, 2.75) is 38.5 Å². The molecule has 0 saturated carbocycles. The summed E-state index contributed by atoms with van der Waals surface area (Å²) >= 11 is 0. The van der Waals surface area contributed by atoms with E-state index in [9.17, 15) is 24.0 Å². The summed E-state index contributed by atoms with van der Waals surface area (Å²) in [5, 5.41) is 8.27. The maximum atomic E-state index is 12.9. The van der Waals surface area contributed by atoms with Crippen LogP contribution in [-0.2, 0) is 29.2 Å². The third kappa shape index (κ3) is 3.19. The summed E-state index contributed by atoms with van der Waals surface area (Å²) in [6.45, 7) is 1.28. The molecule has 3 aliphatic heterocycles. The van der Waals surface area contributed by atoms with E-state index in [0.717, 1.165) is 4.90 Å². The number of hydrogen-bond donors (Lipinski definition) is 4. The first-order valence-corrected chi connectivity index (χ1v) is 9.83. The van der Waals surface area contributed by atoms with Gasteiger partial charge in [0, 0.05) is 26.1 Å². The third-order valence-corrected chi connectivity index (χ3v) is 5.66. The number of amides is 4. The van der Waals surface area contributed by atoms with Gasteiger partial charge in [-0.05, 0) is 24.1 Å². The zero-order valence-electron chi connectivity index (χ0n) is 16.3. The van der Waals surface area contributed by atoms with Crippen molar-refractivity contribution in [2.75, 3.05) is 5.32 Å². The normalized spacial score (nSPS) is 20.0. The number of aromatic nitrogens is 2. The highest BCUT2D eigenvalue weighted by molar-refractivity contribution is 6.23. The van der Waals surface area contributed by atoms with Gasteiger partial charge in [-0.2, -0.15) is 0 Å².